The molecular formula is C18H14O. The van der Waals surface area contributed by atoms with E-state index in [0.717, 1.165) is 12.2 Å². The summed E-state index contributed by atoms with van der Waals surface area (Å²) in [5.41, 5.74) is 5.53. The third kappa shape index (κ3) is 1.42. The molecule has 0 unspecified atom stereocenters. The molecule has 0 saturated heterocycles. The van der Waals surface area contributed by atoms with E-state index in [0.29, 0.717) is 0 Å². The Labute approximate surface area is 112 Å². The number of fused-ring (bicyclic) bond motifs is 5. The Hall–Kier alpha value is -2.28. The fraction of sp³-hybridized carbons (Fsp3) is 0.111. The third-order valence-electron chi connectivity index (χ3n) is 4.01. The number of hydrogen-bond donors (Lipinski definition) is 0. The molecule has 0 aromatic heterocycles. The van der Waals surface area contributed by atoms with Gasteiger partial charge in [-0.3, -0.25) is 0 Å². The van der Waals surface area contributed by atoms with E-state index in [4.69, 9.17) is 4.74 Å². The maximum Gasteiger partial charge on any atom is 0.126 e. The molecule has 0 amide bonds. The van der Waals surface area contributed by atoms with Crippen LogP contribution in [-0.4, -0.2) is 7.11 Å². The lowest BCUT2D eigenvalue weighted by atomic mass is 9.98. The molecule has 0 N–H and O–H groups in total. The van der Waals surface area contributed by atoms with Crippen LogP contribution in [0.2, 0.25) is 0 Å². The zero-order valence-corrected chi connectivity index (χ0v) is 10.8. The molecule has 4 rings (SSSR count). The minimum Gasteiger partial charge on any atom is -0.496 e. The summed E-state index contributed by atoms with van der Waals surface area (Å²) in [6, 6.07) is 19.3. The summed E-state index contributed by atoms with van der Waals surface area (Å²) < 4.78 is 5.55. The van der Waals surface area contributed by atoms with Crippen LogP contribution >= 0.6 is 0 Å². The normalized spacial score (nSPS) is 12.3. The fourth-order valence-corrected chi connectivity index (χ4v) is 3.15. The van der Waals surface area contributed by atoms with Crippen LogP contribution in [0.3, 0.4) is 0 Å². The van der Waals surface area contributed by atoms with E-state index < -0.39 is 0 Å². The summed E-state index contributed by atoms with van der Waals surface area (Å²) in [6.45, 7) is 0. The van der Waals surface area contributed by atoms with Crippen molar-refractivity contribution >= 4 is 10.8 Å². The van der Waals surface area contributed by atoms with Gasteiger partial charge in [0.25, 0.3) is 0 Å². The van der Waals surface area contributed by atoms with E-state index in [9.17, 15) is 0 Å². The molecule has 0 saturated carbocycles. The number of hydrogen-bond acceptors (Lipinski definition) is 1. The molecule has 1 aliphatic rings. The fourth-order valence-electron chi connectivity index (χ4n) is 3.15. The SMILES string of the molecule is COc1cccc2ccc3c(c12)Cc1ccccc1-3. The van der Waals surface area contributed by atoms with Gasteiger partial charge in [-0.25, -0.2) is 0 Å². The van der Waals surface area contributed by atoms with Crippen LogP contribution in [-0.2, 0) is 6.42 Å². The van der Waals surface area contributed by atoms with Gasteiger partial charge in [-0.1, -0.05) is 48.5 Å². The van der Waals surface area contributed by atoms with Crippen LogP contribution in [0.1, 0.15) is 11.1 Å². The van der Waals surface area contributed by atoms with Gasteiger partial charge in [0.15, 0.2) is 0 Å². The van der Waals surface area contributed by atoms with Gasteiger partial charge in [-0.15, -0.1) is 0 Å². The van der Waals surface area contributed by atoms with E-state index >= 15 is 0 Å². The van der Waals surface area contributed by atoms with Crippen molar-refractivity contribution in [2.75, 3.05) is 7.11 Å². The Morgan fingerprint density at radius 1 is 0.842 bits per heavy atom. The van der Waals surface area contributed by atoms with Gasteiger partial charge in [-0.2, -0.15) is 0 Å². The lowest BCUT2D eigenvalue weighted by molar-refractivity contribution is 0.419. The van der Waals surface area contributed by atoms with Crippen molar-refractivity contribution in [1.29, 1.82) is 0 Å². The topological polar surface area (TPSA) is 9.23 Å². The van der Waals surface area contributed by atoms with Gasteiger partial charge in [0.1, 0.15) is 5.75 Å². The smallest absolute Gasteiger partial charge is 0.126 e. The highest BCUT2D eigenvalue weighted by Gasteiger charge is 2.21. The minimum atomic E-state index is 0.974. The second kappa shape index (κ2) is 3.86. The molecule has 0 aliphatic heterocycles. The van der Waals surface area contributed by atoms with Gasteiger partial charge in [0.05, 0.1) is 7.11 Å². The minimum absolute atomic E-state index is 0.974. The van der Waals surface area contributed by atoms with Gasteiger partial charge in [0.2, 0.25) is 0 Å². The standard InChI is InChI=1S/C18H14O/c1-19-17-8-4-6-12-9-10-15-14-7-3-2-5-13(14)11-16(15)18(12)17/h2-10H,11H2,1H3. The third-order valence-corrected chi connectivity index (χ3v) is 4.01. The number of rotatable bonds is 1. The highest BCUT2D eigenvalue weighted by Crippen LogP contribution is 2.42. The molecule has 0 fully saturated rings. The van der Waals surface area contributed by atoms with Crippen molar-refractivity contribution in [1.82, 2.24) is 0 Å². The first kappa shape index (κ1) is 10.6. The summed E-state index contributed by atoms with van der Waals surface area (Å²) in [6.07, 6.45) is 1.00. The average Bonchev–Trinajstić information content (AvgIpc) is 2.85. The number of methoxy groups -OCH3 is 1. The van der Waals surface area contributed by atoms with Crippen molar-refractivity contribution in [3.8, 4) is 16.9 Å². The summed E-state index contributed by atoms with van der Waals surface area (Å²) >= 11 is 0. The van der Waals surface area contributed by atoms with Crippen molar-refractivity contribution < 1.29 is 4.74 Å². The zero-order valence-electron chi connectivity index (χ0n) is 10.8. The molecular weight excluding hydrogens is 232 g/mol. The molecule has 1 aliphatic carbocycles. The summed E-state index contributed by atoms with van der Waals surface area (Å²) in [4.78, 5) is 0. The van der Waals surface area contributed by atoms with Gasteiger partial charge < -0.3 is 4.74 Å². The summed E-state index contributed by atoms with van der Waals surface area (Å²) in [5.74, 6) is 0.974. The van der Waals surface area contributed by atoms with Crippen molar-refractivity contribution in [3.05, 3.63) is 65.7 Å². The van der Waals surface area contributed by atoms with Gasteiger partial charge >= 0.3 is 0 Å². The lowest BCUT2D eigenvalue weighted by Gasteiger charge is -2.10. The molecule has 0 heterocycles. The second-order valence-electron chi connectivity index (χ2n) is 4.98. The Morgan fingerprint density at radius 3 is 2.63 bits per heavy atom. The number of ether oxygens (including phenoxy) is 1. The first-order chi connectivity index (χ1) is 9.38. The Kier molecular flexibility index (Phi) is 2.16. The van der Waals surface area contributed by atoms with Crippen LogP contribution < -0.4 is 4.74 Å². The van der Waals surface area contributed by atoms with Crippen LogP contribution in [0.5, 0.6) is 5.75 Å². The highest BCUT2D eigenvalue weighted by molar-refractivity contribution is 5.98. The van der Waals surface area contributed by atoms with Crippen molar-refractivity contribution in [2.45, 2.75) is 6.42 Å². The van der Waals surface area contributed by atoms with Crippen LogP contribution in [0.25, 0.3) is 21.9 Å². The summed E-state index contributed by atoms with van der Waals surface area (Å²) in [5, 5.41) is 2.52. The lowest BCUT2D eigenvalue weighted by Crippen LogP contribution is -1.89. The molecule has 0 spiro atoms. The van der Waals surface area contributed by atoms with E-state index in [1.807, 2.05) is 6.07 Å². The largest absolute Gasteiger partial charge is 0.496 e. The van der Waals surface area contributed by atoms with Crippen LogP contribution in [0.15, 0.2) is 54.6 Å². The molecule has 1 nitrogen and oxygen atoms in total. The molecule has 0 atom stereocenters. The molecule has 0 radical (unpaired) electrons. The molecule has 3 aromatic rings. The Bertz CT molecular complexity index is 787. The predicted molar refractivity (Wildman–Crippen MR) is 78.7 cm³/mol. The van der Waals surface area contributed by atoms with Gasteiger partial charge in [-0.05, 0) is 40.1 Å². The molecule has 3 aromatic carbocycles. The van der Waals surface area contributed by atoms with Crippen molar-refractivity contribution in [3.63, 3.8) is 0 Å². The van der Waals surface area contributed by atoms with Crippen LogP contribution in [0.4, 0.5) is 0 Å². The second-order valence-corrected chi connectivity index (χ2v) is 4.98. The zero-order chi connectivity index (χ0) is 12.8. The van der Waals surface area contributed by atoms with Crippen LogP contribution in [0, 0.1) is 0 Å². The summed E-state index contributed by atoms with van der Waals surface area (Å²) in [7, 11) is 1.75. The average molecular weight is 246 g/mol. The first-order valence-electron chi connectivity index (χ1n) is 6.55. The first-order valence-corrected chi connectivity index (χ1v) is 6.55. The Morgan fingerprint density at radius 2 is 1.74 bits per heavy atom. The van der Waals surface area contributed by atoms with E-state index in [2.05, 4.69) is 48.5 Å². The number of benzene rings is 3. The monoisotopic (exact) mass is 246 g/mol. The Balaban J connectivity index is 2.10. The van der Waals surface area contributed by atoms with Crippen molar-refractivity contribution in [2.24, 2.45) is 0 Å². The predicted octanol–water partition coefficient (Wildman–Crippen LogP) is 4.42. The van der Waals surface area contributed by atoms with Gasteiger partial charge in [0, 0.05) is 5.39 Å². The maximum atomic E-state index is 5.55. The molecule has 19 heavy (non-hydrogen) atoms. The highest BCUT2D eigenvalue weighted by atomic mass is 16.5. The maximum absolute atomic E-state index is 5.55. The molecule has 0 bridgehead atoms. The van der Waals surface area contributed by atoms with E-state index in [1.165, 1.54) is 33.0 Å². The van der Waals surface area contributed by atoms with E-state index in [-0.39, 0.29) is 0 Å². The molecule has 92 valence electrons. The quantitative estimate of drug-likeness (QED) is 0.483. The van der Waals surface area contributed by atoms with E-state index in [1.54, 1.807) is 7.11 Å². The molecule has 1 heteroatoms.